The zero-order chi connectivity index (χ0) is 20.9. The molecule has 6 nitrogen and oxygen atoms in total. The first-order valence-electron chi connectivity index (χ1n) is 9.67. The van der Waals surface area contributed by atoms with E-state index in [2.05, 4.69) is 9.88 Å². The average Bonchev–Trinajstić information content (AvgIpc) is 3.11. The van der Waals surface area contributed by atoms with Gasteiger partial charge in [-0.05, 0) is 63.1 Å². The molecule has 2 aromatic carbocycles. The summed E-state index contributed by atoms with van der Waals surface area (Å²) in [6.45, 7) is 8.20. The van der Waals surface area contributed by atoms with Crippen LogP contribution in [0.5, 0.6) is 0 Å². The number of fused-ring (bicyclic) bond motifs is 1. The second-order valence-electron chi connectivity index (χ2n) is 7.81. The Morgan fingerprint density at radius 2 is 1.83 bits per heavy atom. The number of aryl methyl sites for hydroxylation is 3. The first-order chi connectivity index (χ1) is 13.7. The van der Waals surface area contributed by atoms with Gasteiger partial charge in [-0.2, -0.15) is 0 Å². The first kappa shape index (κ1) is 19.5. The van der Waals surface area contributed by atoms with E-state index in [-0.39, 0.29) is 6.04 Å². The molecule has 0 radical (unpaired) electrons. The highest BCUT2D eigenvalue weighted by Gasteiger charge is 2.35. The summed E-state index contributed by atoms with van der Waals surface area (Å²) >= 11 is 0. The minimum Gasteiger partial charge on any atom is -0.368 e. The van der Waals surface area contributed by atoms with E-state index in [4.69, 9.17) is 0 Å². The fourth-order valence-corrected chi connectivity index (χ4v) is 5.76. The van der Waals surface area contributed by atoms with Crippen LogP contribution < -0.4 is 9.21 Å². The number of likely N-dealkylation sites (N-methyl/N-ethyl adjacent to an activating group) is 1. The Hall–Kier alpha value is -2.80. The number of hydrogen-bond acceptors (Lipinski definition) is 4. The van der Waals surface area contributed by atoms with Crippen LogP contribution in [-0.4, -0.2) is 37.6 Å². The molecule has 29 heavy (non-hydrogen) atoms. The molecule has 3 aromatic rings. The van der Waals surface area contributed by atoms with Crippen molar-refractivity contribution in [3.8, 4) is 5.69 Å². The standard InChI is InChI=1S/C22H26N4O2S/c1-15-7-6-8-20-22(15)26(13-18(4)24(20)5)29(27,28)21-10-9-19(11-16(21)2)25-12-17(3)23-14-25/h6-12,14,18H,13H2,1-5H3/t18-/m1/s1. The molecule has 0 bridgehead atoms. The molecule has 0 N–H and O–H groups in total. The molecule has 0 unspecified atom stereocenters. The van der Waals surface area contributed by atoms with Crippen LogP contribution in [0.25, 0.3) is 5.69 Å². The number of hydrogen-bond donors (Lipinski definition) is 0. The molecule has 1 aliphatic heterocycles. The van der Waals surface area contributed by atoms with Crippen LogP contribution in [0.4, 0.5) is 11.4 Å². The zero-order valence-corrected chi connectivity index (χ0v) is 18.2. The van der Waals surface area contributed by atoms with Crippen molar-refractivity contribution in [2.24, 2.45) is 0 Å². The number of benzene rings is 2. The maximum absolute atomic E-state index is 13.7. The van der Waals surface area contributed by atoms with Gasteiger partial charge in [0.05, 0.1) is 34.8 Å². The molecule has 0 aliphatic carbocycles. The van der Waals surface area contributed by atoms with Crippen LogP contribution in [0.15, 0.2) is 53.8 Å². The molecule has 7 heteroatoms. The quantitative estimate of drug-likeness (QED) is 0.658. The molecule has 4 rings (SSSR count). The maximum Gasteiger partial charge on any atom is 0.264 e. The Morgan fingerprint density at radius 3 is 2.48 bits per heavy atom. The summed E-state index contributed by atoms with van der Waals surface area (Å²) in [6.07, 6.45) is 3.66. The monoisotopic (exact) mass is 410 g/mol. The largest absolute Gasteiger partial charge is 0.368 e. The SMILES string of the molecule is Cc1cn(-c2ccc(S(=O)(=O)N3C[C@@H](C)N(C)c4cccc(C)c43)c(C)c2)cn1. The molecule has 0 saturated heterocycles. The van der Waals surface area contributed by atoms with Crippen molar-refractivity contribution >= 4 is 21.4 Å². The van der Waals surface area contributed by atoms with Crippen molar-refractivity contribution in [2.45, 2.75) is 38.6 Å². The Bertz CT molecular complexity index is 1180. The van der Waals surface area contributed by atoms with Crippen molar-refractivity contribution in [2.75, 3.05) is 22.8 Å². The number of para-hydroxylation sites is 1. The third kappa shape index (κ3) is 3.19. The summed E-state index contributed by atoms with van der Waals surface area (Å²) in [5.74, 6) is 0. The van der Waals surface area contributed by atoms with Crippen LogP contribution >= 0.6 is 0 Å². The molecule has 0 fully saturated rings. The van der Waals surface area contributed by atoms with Gasteiger partial charge in [-0.25, -0.2) is 13.4 Å². The summed E-state index contributed by atoms with van der Waals surface area (Å²) in [7, 11) is -1.68. The Kier molecular flexibility index (Phi) is 4.65. The van der Waals surface area contributed by atoms with E-state index in [0.29, 0.717) is 11.4 Å². The number of anilines is 2. The third-order valence-corrected chi connectivity index (χ3v) is 7.60. The van der Waals surface area contributed by atoms with Gasteiger partial charge in [0.25, 0.3) is 10.0 Å². The first-order valence-corrected chi connectivity index (χ1v) is 11.1. The van der Waals surface area contributed by atoms with Crippen molar-refractivity contribution in [1.29, 1.82) is 0 Å². The molecule has 1 aliphatic rings. The lowest BCUT2D eigenvalue weighted by molar-refractivity contribution is 0.578. The lowest BCUT2D eigenvalue weighted by Gasteiger charge is -2.41. The van der Waals surface area contributed by atoms with E-state index in [0.717, 1.165) is 33.9 Å². The number of imidazole rings is 1. The molecule has 2 heterocycles. The normalized spacial score (nSPS) is 16.8. The molecule has 1 atom stereocenters. The Morgan fingerprint density at radius 1 is 1.07 bits per heavy atom. The minimum atomic E-state index is -3.70. The fourth-order valence-electron chi connectivity index (χ4n) is 3.93. The van der Waals surface area contributed by atoms with E-state index in [1.54, 1.807) is 16.7 Å². The Labute approximate surface area is 172 Å². The van der Waals surface area contributed by atoms with E-state index in [1.807, 2.05) is 75.8 Å². The Balaban J connectivity index is 1.81. The van der Waals surface area contributed by atoms with E-state index >= 15 is 0 Å². The second kappa shape index (κ2) is 6.91. The molecular weight excluding hydrogens is 384 g/mol. The van der Waals surface area contributed by atoms with Gasteiger partial charge < -0.3 is 9.47 Å². The van der Waals surface area contributed by atoms with E-state index in [9.17, 15) is 8.42 Å². The van der Waals surface area contributed by atoms with Gasteiger partial charge in [-0.1, -0.05) is 12.1 Å². The highest BCUT2D eigenvalue weighted by Crippen LogP contribution is 2.40. The molecule has 152 valence electrons. The van der Waals surface area contributed by atoms with Gasteiger partial charge >= 0.3 is 0 Å². The summed E-state index contributed by atoms with van der Waals surface area (Å²) in [4.78, 5) is 6.73. The lowest BCUT2D eigenvalue weighted by Crippen LogP contribution is -2.48. The summed E-state index contributed by atoms with van der Waals surface area (Å²) in [5.41, 5.74) is 5.18. The summed E-state index contributed by atoms with van der Waals surface area (Å²) in [6, 6.07) is 11.4. The average molecular weight is 411 g/mol. The minimum absolute atomic E-state index is 0.0765. The lowest BCUT2D eigenvalue weighted by atomic mass is 10.1. The van der Waals surface area contributed by atoms with Crippen molar-refractivity contribution in [3.05, 3.63) is 65.7 Å². The van der Waals surface area contributed by atoms with Crippen LogP contribution in [0.2, 0.25) is 0 Å². The molecule has 0 saturated carbocycles. The molecule has 1 aromatic heterocycles. The van der Waals surface area contributed by atoms with Gasteiger partial charge in [-0.3, -0.25) is 4.31 Å². The number of aromatic nitrogens is 2. The highest BCUT2D eigenvalue weighted by atomic mass is 32.2. The molecule has 0 amide bonds. The fraction of sp³-hybridized carbons (Fsp3) is 0.318. The van der Waals surface area contributed by atoms with Gasteiger partial charge in [0, 0.05) is 25.0 Å². The van der Waals surface area contributed by atoms with Crippen LogP contribution in [-0.2, 0) is 10.0 Å². The van der Waals surface area contributed by atoms with E-state index < -0.39 is 10.0 Å². The highest BCUT2D eigenvalue weighted by molar-refractivity contribution is 7.93. The van der Waals surface area contributed by atoms with Gasteiger partial charge in [0.2, 0.25) is 0 Å². The van der Waals surface area contributed by atoms with Crippen molar-refractivity contribution in [1.82, 2.24) is 9.55 Å². The second-order valence-corrected chi connectivity index (χ2v) is 9.64. The smallest absolute Gasteiger partial charge is 0.264 e. The van der Waals surface area contributed by atoms with Crippen LogP contribution in [0.1, 0.15) is 23.7 Å². The summed E-state index contributed by atoms with van der Waals surface area (Å²) < 4.78 is 30.9. The predicted molar refractivity (Wildman–Crippen MR) is 117 cm³/mol. The predicted octanol–water partition coefficient (Wildman–Crippen LogP) is 3.83. The molecular formula is C22H26N4O2S. The number of rotatable bonds is 3. The zero-order valence-electron chi connectivity index (χ0n) is 17.4. The third-order valence-electron chi connectivity index (χ3n) is 5.67. The van der Waals surface area contributed by atoms with Gasteiger partial charge in [0.15, 0.2) is 0 Å². The number of nitrogens with zero attached hydrogens (tertiary/aromatic N) is 4. The van der Waals surface area contributed by atoms with Crippen molar-refractivity contribution in [3.63, 3.8) is 0 Å². The van der Waals surface area contributed by atoms with Crippen LogP contribution in [0.3, 0.4) is 0 Å². The number of sulfonamides is 1. The van der Waals surface area contributed by atoms with Gasteiger partial charge in [-0.15, -0.1) is 0 Å². The maximum atomic E-state index is 13.7. The van der Waals surface area contributed by atoms with Gasteiger partial charge in [0.1, 0.15) is 0 Å². The van der Waals surface area contributed by atoms with E-state index in [1.165, 1.54) is 0 Å². The van der Waals surface area contributed by atoms with Crippen LogP contribution in [0, 0.1) is 20.8 Å². The topological polar surface area (TPSA) is 58.4 Å². The van der Waals surface area contributed by atoms with Crippen molar-refractivity contribution < 1.29 is 8.42 Å². The molecule has 0 spiro atoms. The summed E-state index contributed by atoms with van der Waals surface area (Å²) in [5, 5.41) is 0.